The number of ether oxygens (including phenoxy) is 2. The number of carbonyl (C=O) groups is 2. The molecule has 8 heteroatoms. The fourth-order valence-corrected chi connectivity index (χ4v) is 2.19. The first kappa shape index (κ1) is 20.7. The van der Waals surface area contributed by atoms with Gasteiger partial charge in [0, 0.05) is 6.54 Å². The van der Waals surface area contributed by atoms with Gasteiger partial charge in [0.1, 0.15) is 11.8 Å². The molecular formula is C17H24F2N2O4. The Labute approximate surface area is 145 Å². The van der Waals surface area contributed by atoms with Crippen LogP contribution in [0.25, 0.3) is 0 Å². The highest BCUT2D eigenvalue weighted by Gasteiger charge is 2.21. The van der Waals surface area contributed by atoms with Crippen LogP contribution in [0.3, 0.4) is 0 Å². The van der Waals surface area contributed by atoms with Gasteiger partial charge in [-0.3, -0.25) is 4.79 Å². The maximum Gasteiger partial charge on any atom is 0.407 e. The molecule has 25 heavy (non-hydrogen) atoms. The molecule has 0 aromatic heterocycles. The van der Waals surface area contributed by atoms with Gasteiger partial charge >= 0.3 is 12.7 Å². The van der Waals surface area contributed by atoms with Crippen molar-refractivity contribution in [3.8, 4) is 5.75 Å². The van der Waals surface area contributed by atoms with Gasteiger partial charge in [-0.2, -0.15) is 8.78 Å². The topological polar surface area (TPSA) is 76.7 Å². The lowest BCUT2D eigenvalue weighted by Gasteiger charge is -2.19. The lowest BCUT2D eigenvalue weighted by molar-refractivity contribution is -0.123. The van der Waals surface area contributed by atoms with Crippen LogP contribution < -0.4 is 15.4 Å². The van der Waals surface area contributed by atoms with E-state index in [9.17, 15) is 18.4 Å². The van der Waals surface area contributed by atoms with Crippen LogP contribution in [0.1, 0.15) is 25.8 Å². The van der Waals surface area contributed by atoms with E-state index in [1.165, 1.54) is 19.2 Å². The number of rotatable bonds is 9. The van der Waals surface area contributed by atoms with E-state index in [1.807, 2.05) is 13.8 Å². The van der Waals surface area contributed by atoms with Gasteiger partial charge in [-0.1, -0.05) is 26.0 Å². The average Bonchev–Trinajstić information content (AvgIpc) is 2.54. The summed E-state index contributed by atoms with van der Waals surface area (Å²) in [6, 6.07) is 5.53. The van der Waals surface area contributed by atoms with Gasteiger partial charge in [0.2, 0.25) is 5.91 Å². The summed E-state index contributed by atoms with van der Waals surface area (Å²) in [5.74, 6) is 0.00843. The predicted octanol–water partition coefficient (Wildman–Crippen LogP) is 2.72. The van der Waals surface area contributed by atoms with Crippen LogP contribution in [0.2, 0.25) is 0 Å². The molecule has 0 bridgehead atoms. The maximum atomic E-state index is 12.2. The fourth-order valence-electron chi connectivity index (χ4n) is 2.19. The van der Waals surface area contributed by atoms with Crippen molar-refractivity contribution in [1.82, 2.24) is 10.6 Å². The lowest BCUT2D eigenvalue weighted by Crippen LogP contribution is -2.47. The van der Waals surface area contributed by atoms with Crippen molar-refractivity contribution < 1.29 is 27.8 Å². The third kappa shape index (κ3) is 8.32. The van der Waals surface area contributed by atoms with E-state index in [4.69, 9.17) is 0 Å². The molecule has 0 saturated carbocycles. The molecule has 0 radical (unpaired) electrons. The van der Waals surface area contributed by atoms with Crippen molar-refractivity contribution in [2.75, 3.05) is 13.7 Å². The molecule has 0 fully saturated rings. The fraction of sp³-hybridized carbons (Fsp3) is 0.529. The summed E-state index contributed by atoms with van der Waals surface area (Å²) in [7, 11) is 1.24. The third-order valence-electron chi connectivity index (χ3n) is 3.36. The van der Waals surface area contributed by atoms with Gasteiger partial charge in [-0.05, 0) is 36.5 Å². The first-order chi connectivity index (χ1) is 11.8. The van der Waals surface area contributed by atoms with Gasteiger partial charge in [0.15, 0.2) is 0 Å². The number of benzene rings is 1. The highest BCUT2D eigenvalue weighted by molar-refractivity contribution is 5.85. The molecule has 0 heterocycles. The zero-order chi connectivity index (χ0) is 18.8. The standard InChI is InChI=1S/C17H24F2N2O4/c1-11(2)10-14(21-17(23)24-3)15(22)20-9-8-12-4-6-13(7-5-12)25-16(18)19/h4-7,11,14,16H,8-10H2,1-3H3,(H,20,22)(H,21,23). The predicted molar refractivity (Wildman–Crippen MR) is 88.6 cm³/mol. The van der Waals surface area contributed by atoms with E-state index < -0.39 is 18.7 Å². The van der Waals surface area contributed by atoms with Crippen LogP contribution >= 0.6 is 0 Å². The van der Waals surface area contributed by atoms with Crippen LogP contribution in [-0.2, 0) is 16.0 Å². The van der Waals surface area contributed by atoms with Gasteiger partial charge in [-0.15, -0.1) is 0 Å². The molecule has 0 aliphatic rings. The van der Waals surface area contributed by atoms with E-state index in [2.05, 4.69) is 20.1 Å². The molecule has 1 aromatic carbocycles. The molecule has 6 nitrogen and oxygen atoms in total. The highest BCUT2D eigenvalue weighted by atomic mass is 19.3. The third-order valence-corrected chi connectivity index (χ3v) is 3.36. The van der Waals surface area contributed by atoms with Crippen molar-refractivity contribution in [1.29, 1.82) is 0 Å². The van der Waals surface area contributed by atoms with Crippen molar-refractivity contribution in [3.05, 3.63) is 29.8 Å². The van der Waals surface area contributed by atoms with Gasteiger partial charge in [0.25, 0.3) is 0 Å². The smallest absolute Gasteiger partial charge is 0.407 e. The van der Waals surface area contributed by atoms with E-state index >= 15 is 0 Å². The Kier molecular flexibility index (Phi) is 8.66. The summed E-state index contributed by atoms with van der Waals surface area (Å²) in [4.78, 5) is 23.5. The maximum absolute atomic E-state index is 12.2. The molecule has 0 aliphatic carbocycles. The van der Waals surface area contributed by atoms with Crippen molar-refractivity contribution in [2.24, 2.45) is 5.92 Å². The number of methoxy groups -OCH3 is 1. The average molecular weight is 358 g/mol. The van der Waals surface area contributed by atoms with Crippen molar-refractivity contribution in [2.45, 2.75) is 39.3 Å². The molecule has 0 spiro atoms. The number of hydrogen-bond donors (Lipinski definition) is 2. The second kappa shape index (κ2) is 10.5. The number of alkyl carbamates (subject to hydrolysis) is 1. The molecule has 1 rings (SSSR count). The number of alkyl halides is 2. The normalized spacial score (nSPS) is 12.0. The van der Waals surface area contributed by atoms with Crippen molar-refractivity contribution in [3.63, 3.8) is 0 Å². The summed E-state index contributed by atoms with van der Waals surface area (Å²) in [6.45, 7) is 1.39. The summed E-state index contributed by atoms with van der Waals surface area (Å²) >= 11 is 0. The Hall–Kier alpha value is -2.38. The molecule has 140 valence electrons. The van der Waals surface area contributed by atoms with E-state index in [0.717, 1.165) is 5.56 Å². The molecule has 2 amide bonds. The van der Waals surface area contributed by atoms with Crippen LogP contribution in [0.4, 0.5) is 13.6 Å². The molecule has 2 N–H and O–H groups in total. The minimum Gasteiger partial charge on any atom is -0.453 e. The van der Waals surface area contributed by atoms with Gasteiger partial charge in [-0.25, -0.2) is 4.79 Å². The Morgan fingerprint density at radius 3 is 2.32 bits per heavy atom. The summed E-state index contributed by atoms with van der Waals surface area (Å²) in [5, 5.41) is 5.26. The summed E-state index contributed by atoms with van der Waals surface area (Å²) < 4.78 is 33.0. The van der Waals surface area contributed by atoms with Crippen LogP contribution in [0, 0.1) is 5.92 Å². The molecule has 1 aromatic rings. The molecule has 1 unspecified atom stereocenters. The zero-order valence-corrected chi connectivity index (χ0v) is 14.6. The second-order valence-electron chi connectivity index (χ2n) is 5.88. The zero-order valence-electron chi connectivity index (χ0n) is 14.6. The second-order valence-corrected chi connectivity index (χ2v) is 5.88. The molecule has 0 saturated heterocycles. The Morgan fingerprint density at radius 1 is 1.16 bits per heavy atom. The van der Waals surface area contributed by atoms with E-state index in [0.29, 0.717) is 19.4 Å². The number of carbonyl (C=O) groups excluding carboxylic acids is 2. The SMILES string of the molecule is COC(=O)NC(CC(C)C)C(=O)NCCc1ccc(OC(F)F)cc1. The summed E-state index contributed by atoms with van der Waals surface area (Å²) in [5.41, 5.74) is 0.864. The Bertz CT molecular complexity index is 550. The Balaban J connectivity index is 2.48. The van der Waals surface area contributed by atoms with Gasteiger partial charge < -0.3 is 20.1 Å². The number of amides is 2. The first-order valence-corrected chi connectivity index (χ1v) is 7.97. The first-order valence-electron chi connectivity index (χ1n) is 7.97. The lowest BCUT2D eigenvalue weighted by atomic mass is 10.0. The van der Waals surface area contributed by atoms with Crippen LogP contribution in [0.5, 0.6) is 5.75 Å². The van der Waals surface area contributed by atoms with Gasteiger partial charge in [0.05, 0.1) is 7.11 Å². The van der Waals surface area contributed by atoms with Crippen LogP contribution in [0.15, 0.2) is 24.3 Å². The highest BCUT2D eigenvalue weighted by Crippen LogP contribution is 2.15. The van der Waals surface area contributed by atoms with Crippen LogP contribution in [-0.4, -0.2) is 38.3 Å². The van der Waals surface area contributed by atoms with E-state index in [-0.39, 0.29) is 17.6 Å². The minimum absolute atomic E-state index is 0.0852. The minimum atomic E-state index is -2.86. The monoisotopic (exact) mass is 358 g/mol. The largest absolute Gasteiger partial charge is 0.453 e. The quantitative estimate of drug-likeness (QED) is 0.712. The van der Waals surface area contributed by atoms with Crippen molar-refractivity contribution >= 4 is 12.0 Å². The number of halogens is 2. The van der Waals surface area contributed by atoms with E-state index in [1.54, 1.807) is 12.1 Å². The molecule has 0 aliphatic heterocycles. The molecule has 1 atom stereocenters. The summed E-state index contributed by atoms with van der Waals surface area (Å²) in [6.07, 6.45) is 0.351. The Morgan fingerprint density at radius 2 is 1.80 bits per heavy atom. The molecular weight excluding hydrogens is 334 g/mol. The number of nitrogens with one attached hydrogen (secondary N) is 2. The number of hydrogen-bond acceptors (Lipinski definition) is 4.